The van der Waals surface area contributed by atoms with Gasteiger partial charge in [0, 0.05) is 37.1 Å². The van der Waals surface area contributed by atoms with E-state index in [1.54, 1.807) is 0 Å². The van der Waals surface area contributed by atoms with Crippen molar-refractivity contribution in [1.29, 1.82) is 0 Å². The van der Waals surface area contributed by atoms with Crippen LogP contribution in [-0.4, -0.2) is 68.8 Å². The standard InChI is InChI=1S/C21H32N4O4S/c26-21(20-14-19(15-22-20)30(27,28)25-10-12-29-13-11-25)24-18-8-6-17(7-9-18)23-16-4-2-1-3-5-16/h6-9,16,19-20,22-23H,1-5,10-15H2,(H,24,26). The predicted molar refractivity (Wildman–Crippen MR) is 117 cm³/mol. The van der Waals surface area contributed by atoms with Crippen molar-refractivity contribution in [3.8, 4) is 0 Å². The molecule has 166 valence electrons. The molecule has 0 aromatic heterocycles. The summed E-state index contributed by atoms with van der Waals surface area (Å²) in [6.45, 7) is 1.92. The van der Waals surface area contributed by atoms with E-state index in [1.807, 2.05) is 24.3 Å². The van der Waals surface area contributed by atoms with Gasteiger partial charge in [-0.05, 0) is 43.5 Å². The van der Waals surface area contributed by atoms with Crippen LogP contribution in [0.1, 0.15) is 38.5 Å². The Kier molecular flexibility index (Phi) is 6.92. The lowest BCUT2D eigenvalue weighted by Gasteiger charge is -2.28. The van der Waals surface area contributed by atoms with Crippen LogP contribution in [-0.2, 0) is 19.6 Å². The van der Waals surface area contributed by atoms with Crippen LogP contribution in [0.25, 0.3) is 0 Å². The number of hydrogen-bond acceptors (Lipinski definition) is 6. The largest absolute Gasteiger partial charge is 0.382 e. The van der Waals surface area contributed by atoms with E-state index >= 15 is 0 Å². The second-order valence-corrected chi connectivity index (χ2v) is 10.6. The van der Waals surface area contributed by atoms with E-state index in [2.05, 4.69) is 16.0 Å². The van der Waals surface area contributed by atoms with E-state index in [0.717, 1.165) is 11.4 Å². The molecule has 1 aromatic carbocycles. The zero-order valence-electron chi connectivity index (χ0n) is 17.3. The van der Waals surface area contributed by atoms with Crippen LogP contribution in [0.15, 0.2) is 24.3 Å². The molecule has 4 rings (SSSR count). The first kappa shape index (κ1) is 21.5. The first-order valence-electron chi connectivity index (χ1n) is 11.0. The molecule has 0 spiro atoms. The summed E-state index contributed by atoms with van der Waals surface area (Å²) in [6, 6.07) is 7.77. The van der Waals surface area contributed by atoms with Crippen LogP contribution in [0, 0.1) is 0 Å². The smallest absolute Gasteiger partial charge is 0.241 e. The number of hydrogen-bond donors (Lipinski definition) is 3. The Morgan fingerprint density at radius 1 is 1.03 bits per heavy atom. The third kappa shape index (κ3) is 5.14. The molecule has 2 unspecified atom stereocenters. The second kappa shape index (κ2) is 9.64. The molecule has 1 aromatic rings. The summed E-state index contributed by atoms with van der Waals surface area (Å²) in [5, 5.41) is 8.97. The van der Waals surface area contributed by atoms with E-state index < -0.39 is 21.3 Å². The number of carbonyl (C=O) groups is 1. The molecule has 3 N–H and O–H groups in total. The molecular formula is C21H32N4O4S. The van der Waals surface area contributed by atoms with E-state index in [-0.39, 0.29) is 12.3 Å². The quantitative estimate of drug-likeness (QED) is 0.628. The minimum absolute atomic E-state index is 0.192. The average molecular weight is 437 g/mol. The molecule has 3 aliphatic rings. The first-order chi connectivity index (χ1) is 14.5. The lowest BCUT2D eigenvalue weighted by Crippen LogP contribution is -2.45. The monoisotopic (exact) mass is 436 g/mol. The summed E-state index contributed by atoms with van der Waals surface area (Å²) in [5.41, 5.74) is 1.78. The molecule has 1 saturated carbocycles. The van der Waals surface area contributed by atoms with Crippen LogP contribution in [0.2, 0.25) is 0 Å². The van der Waals surface area contributed by atoms with Crippen molar-refractivity contribution in [3.05, 3.63) is 24.3 Å². The van der Waals surface area contributed by atoms with E-state index in [4.69, 9.17) is 4.74 Å². The number of morpholine rings is 1. The summed E-state index contributed by atoms with van der Waals surface area (Å²) in [4.78, 5) is 12.6. The Morgan fingerprint density at radius 3 is 2.40 bits per heavy atom. The molecule has 0 bridgehead atoms. The number of amides is 1. The minimum Gasteiger partial charge on any atom is -0.382 e. The van der Waals surface area contributed by atoms with Crippen molar-refractivity contribution < 1.29 is 17.9 Å². The highest BCUT2D eigenvalue weighted by Gasteiger charge is 2.40. The molecule has 1 amide bonds. The predicted octanol–water partition coefficient (Wildman–Crippen LogP) is 1.76. The zero-order valence-corrected chi connectivity index (χ0v) is 18.1. The van der Waals surface area contributed by atoms with Gasteiger partial charge in [0.25, 0.3) is 0 Å². The molecule has 30 heavy (non-hydrogen) atoms. The van der Waals surface area contributed by atoms with Gasteiger partial charge in [0.1, 0.15) is 0 Å². The summed E-state index contributed by atoms with van der Waals surface area (Å²) in [7, 11) is -3.42. The van der Waals surface area contributed by atoms with Gasteiger partial charge in [0.05, 0.1) is 24.5 Å². The fourth-order valence-electron chi connectivity index (χ4n) is 4.50. The topological polar surface area (TPSA) is 99.8 Å². The van der Waals surface area contributed by atoms with Crippen molar-refractivity contribution in [1.82, 2.24) is 9.62 Å². The number of nitrogens with zero attached hydrogens (tertiary/aromatic N) is 1. The Morgan fingerprint density at radius 2 is 1.70 bits per heavy atom. The fraction of sp³-hybridized carbons (Fsp3) is 0.667. The first-order valence-corrected chi connectivity index (χ1v) is 12.5. The van der Waals surface area contributed by atoms with Gasteiger partial charge in [0.15, 0.2) is 0 Å². The van der Waals surface area contributed by atoms with Gasteiger partial charge < -0.3 is 20.7 Å². The number of sulfonamides is 1. The number of carbonyl (C=O) groups excluding carboxylic acids is 1. The SMILES string of the molecule is O=C(Nc1ccc(NC2CCCCC2)cc1)C1CC(S(=O)(=O)N2CCOCC2)CN1. The van der Waals surface area contributed by atoms with Crippen molar-refractivity contribution in [2.24, 2.45) is 0 Å². The lowest BCUT2D eigenvalue weighted by molar-refractivity contribution is -0.117. The maximum atomic E-state index is 12.8. The zero-order chi connectivity index (χ0) is 21.0. The number of rotatable bonds is 6. The number of benzene rings is 1. The Balaban J connectivity index is 1.29. The van der Waals surface area contributed by atoms with Crippen molar-refractivity contribution in [2.75, 3.05) is 43.5 Å². The van der Waals surface area contributed by atoms with Gasteiger partial charge in [-0.2, -0.15) is 4.31 Å². The van der Waals surface area contributed by atoms with Gasteiger partial charge in [-0.3, -0.25) is 4.79 Å². The molecule has 8 nitrogen and oxygen atoms in total. The van der Waals surface area contributed by atoms with Gasteiger partial charge >= 0.3 is 0 Å². The van der Waals surface area contributed by atoms with Crippen LogP contribution in [0.4, 0.5) is 11.4 Å². The Hall–Kier alpha value is -1.68. The highest BCUT2D eigenvalue weighted by atomic mass is 32.2. The molecular weight excluding hydrogens is 404 g/mol. The molecule has 9 heteroatoms. The molecule has 2 aliphatic heterocycles. The van der Waals surface area contributed by atoms with Crippen LogP contribution in [0.5, 0.6) is 0 Å². The minimum atomic E-state index is -3.42. The van der Waals surface area contributed by atoms with Crippen LogP contribution >= 0.6 is 0 Å². The normalized spacial score (nSPS) is 26.4. The molecule has 2 heterocycles. The molecule has 2 atom stereocenters. The van der Waals surface area contributed by atoms with Gasteiger partial charge in [-0.1, -0.05) is 19.3 Å². The average Bonchev–Trinajstić information content (AvgIpc) is 3.28. The van der Waals surface area contributed by atoms with E-state index in [1.165, 1.54) is 36.4 Å². The Labute approximate surface area is 178 Å². The highest BCUT2D eigenvalue weighted by molar-refractivity contribution is 7.89. The molecule has 0 radical (unpaired) electrons. The number of nitrogens with one attached hydrogen (secondary N) is 3. The summed E-state index contributed by atoms with van der Waals surface area (Å²) in [6.07, 6.45) is 6.59. The highest BCUT2D eigenvalue weighted by Crippen LogP contribution is 2.24. The van der Waals surface area contributed by atoms with Gasteiger partial charge in [-0.15, -0.1) is 0 Å². The van der Waals surface area contributed by atoms with Crippen molar-refractivity contribution in [3.63, 3.8) is 0 Å². The van der Waals surface area contributed by atoms with Crippen molar-refractivity contribution >= 4 is 27.3 Å². The van der Waals surface area contributed by atoms with Crippen LogP contribution < -0.4 is 16.0 Å². The summed E-state index contributed by atoms with van der Waals surface area (Å²) < 4.78 is 32.3. The second-order valence-electron chi connectivity index (χ2n) is 8.42. The number of ether oxygens (including phenoxy) is 1. The lowest BCUT2D eigenvalue weighted by atomic mass is 9.95. The maximum Gasteiger partial charge on any atom is 0.241 e. The van der Waals surface area contributed by atoms with E-state index in [0.29, 0.717) is 38.9 Å². The third-order valence-corrected chi connectivity index (χ3v) is 8.57. The summed E-state index contributed by atoms with van der Waals surface area (Å²) in [5.74, 6) is -0.192. The van der Waals surface area contributed by atoms with Gasteiger partial charge in [0.2, 0.25) is 15.9 Å². The van der Waals surface area contributed by atoms with Crippen molar-refractivity contribution in [2.45, 2.75) is 55.9 Å². The number of anilines is 2. The molecule has 1 aliphatic carbocycles. The van der Waals surface area contributed by atoms with Crippen LogP contribution in [0.3, 0.4) is 0 Å². The maximum absolute atomic E-state index is 12.8. The molecule has 3 fully saturated rings. The third-order valence-electron chi connectivity index (χ3n) is 6.29. The fourth-order valence-corrected chi connectivity index (χ4v) is 6.33. The van der Waals surface area contributed by atoms with E-state index in [9.17, 15) is 13.2 Å². The van der Waals surface area contributed by atoms with Gasteiger partial charge in [-0.25, -0.2) is 8.42 Å². The Bertz CT molecular complexity index is 818. The molecule has 2 saturated heterocycles. The summed E-state index contributed by atoms with van der Waals surface area (Å²) >= 11 is 0.